The summed E-state index contributed by atoms with van der Waals surface area (Å²) < 4.78 is 14.8. The fraction of sp³-hybridized carbons (Fsp3) is 0.381. The van der Waals surface area contributed by atoms with E-state index in [9.17, 15) is 9.18 Å². The van der Waals surface area contributed by atoms with E-state index in [0.29, 0.717) is 35.9 Å². The first-order chi connectivity index (χ1) is 14.5. The molecule has 9 heteroatoms. The van der Waals surface area contributed by atoms with E-state index in [0.717, 1.165) is 12.8 Å². The minimum absolute atomic E-state index is 0.00413. The summed E-state index contributed by atoms with van der Waals surface area (Å²) >= 11 is 5.86. The highest BCUT2D eigenvalue weighted by Crippen LogP contribution is 2.30. The fourth-order valence-corrected chi connectivity index (χ4v) is 4.16. The normalized spacial score (nSPS) is 19.1. The molecule has 3 aromatic rings. The van der Waals surface area contributed by atoms with Gasteiger partial charge in [-0.05, 0) is 37.3 Å². The van der Waals surface area contributed by atoms with Crippen molar-refractivity contribution >= 4 is 17.5 Å². The molecule has 4 rings (SSSR count). The van der Waals surface area contributed by atoms with E-state index in [1.165, 1.54) is 23.3 Å². The second kappa shape index (κ2) is 8.87. The van der Waals surface area contributed by atoms with Crippen LogP contribution in [0, 0.1) is 11.7 Å². The van der Waals surface area contributed by atoms with E-state index >= 15 is 0 Å². The molecule has 3 heterocycles. The van der Waals surface area contributed by atoms with Crippen LogP contribution >= 0.6 is 11.6 Å². The number of nitrogens with zero attached hydrogens (tertiary/aromatic N) is 6. The summed E-state index contributed by atoms with van der Waals surface area (Å²) in [5.41, 5.74) is 0.332. The lowest BCUT2D eigenvalue weighted by atomic mass is 9.87. The predicted octanol–water partition coefficient (Wildman–Crippen LogP) is 3.72. The molecule has 30 heavy (non-hydrogen) atoms. The maximum Gasteiger partial charge on any atom is 0.259 e. The highest BCUT2D eigenvalue weighted by atomic mass is 35.5. The van der Waals surface area contributed by atoms with Gasteiger partial charge < -0.3 is 4.90 Å². The Morgan fingerprint density at radius 3 is 2.70 bits per heavy atom. The molecule has 1 aliphatic rings. The molecule has 0 spiro atoms. The number of piperidine rings is 1. The van der Waals surface area contributed by atoms with Crippen molar-refractivity contribution in [3.05, 3.63) is 65.2 Å². The van der Waals surface area contributed by atoms with Gasteiger partial charge >= 0.3 is 0 Å². The van der Waals surface area contributed by atoms with Crippen molar-refractivity contribution in [2.24, 2.45) is 5.92 Å². The monoisotopic (exact) mass is 428 g/mol. The zero-order valence-corrected chi connectivity index (χ0v) is 17.3. The Kier molecular flexibility index (Phi) is 6.03. The van der Waals surface area contributed by atoms with Crippen LogP contribution in [0.2, 0.25) is 5.02 Å². The van der Waals surface area contributed by atoms with Crippen LogP contribution in [0.4, 0.5) is 4.39 Å². The lowest BCUT2D eigenvalue weighted by molar-refractivity contribution is 0.0493. The number of aromatic nitrogens is 5. The molecule has 0 radical (unpaired) electrons. The number of hydrogen-bond acceptors (Lipinski definition) is 5. The maximum absolute atomic E-state index is 14.8. The molecule has 1 aliphatic heterocycles. The van der Waals surface area contributed by atoms with E-state index < -0.39 is 5.82 Å². The molecule has 1 fully saturated rings. The Hall–Kier alpha value is -2.87. The predicted molar refractivity (Wildman–Crippen MR) is 110 cm³/mol. The lowest BCUT2D eigenvalue weighted by Gasteiger charge is -2.40. The highest BCUT2D eigenvalue weighted by molar-refractivity contribution is 6.30. The molecular formula is C21H22ClFN6O. The van der Waals surface area contributed by atoms with Gasteiger partial charge in [-0.3, -0.25) is 4.79 Å². The molecule has 0 aliphatic carbocycles. The van der Waals surface area contributed by atoms with Gasteiger partial charge in [0.15, 0.2) is 0 Å². The van der Waals surface area contributed by atoms with Gasteiger partial charge in [0.05, 0.1) is 17.4 Å². The van der Waals surface area contributed by atoms with Crippen LogP contribution in [0.3, 0.4) is 0 Å². The molecule has 0 bridgehead atoms. The number of hydrogen-bond donors (Lipinski definition) is 0. The number of benzene rings is 1. The third kappa shape index (κ3) is 4.18. The first-order valence-electron chi connectivity index (χ1n) is 9.97. The Morgan fingerprint density at radius 1 is 1.23 bits per heavy atom. The first kappa shape index (κ1) is 20.4. The fourth-order valence-electron chi connectivity index (χ4n) is 4.06. The number of carbonyl (C=O) groups excluding carboxylic acids is 1. The summed E-state index contributed by atoms with van der Waals surface area (Å²) in [5, 5.41) is 8.63. The van der Waals surface area contributed by atoms with Crippen LogP contribution in [0.1, 0.15) is 42.4 Å². The summed E-state index contributed by atoms with van der Waals surface area (Å²) in [6.07, 6.45) is 9.33. The summed E-state index contributed by atoms with van der Waals surface area (Å²) in [7, 11) is 0. The molecule has 0 saturated carbocycles. The van der Waals surface area contributed by atoms with Gasteiger partial charge in [-0.1, -0.05) is 24.6 Å². The number of carbonyl (C=O) groups is 1. The molecular weight excluding hydrogens is 407 g/mol. The van der Waals surface area contributed by atoms with Gasteiger partial charge in [-0.15, -0.1) is 0 Å². The van der Waals surface area contributed by atoms with Gasteiger partial charge in [0.25, 0.3) is 5.91 Å². The molecule has 7 nitrogen and oxygen atoms in total. The second-order valence-electron chi connectivity index (χ2n) is 7.49. The van der Waals surface area contributed by atoms with E-state index in [1.54, 1.807) is 29.4 Å². The molecule has 1 aromatic carbocycles. The van der Waals surface area contributed by atoms with Gasteiger partial charge in [0.2, 0.25) is 0 Å². The molecule has 0 unspecified atom stereocenters. The lowest BCUT2D eigenvalue weighted by Crippen LogP contribution is -2.48. The molecule has 156 valence electrons. The number of aryl methyl sites for hydroxylation is 1. The molecule has 0 N–H and O–H groups in total. The highest BCUT2D eigenvalue weighted by Gasteiger charge is 2.34. The van der Waals surface area contributed by atoms with E-state index in [4.69, 9.17) is 11.6 Å². The standard InChI is InChI=1S/C21H22ClFN6O/c1-14-4-3-11-28(17(14)7-8-19-24-12-15(22)13-25-19)21(30)20-16(23)5-2-6-18(20)29-26-9-10-27-29/h2,5-6,9-10,12-14,17H,3-4,7-8,11H2,1H3/t14-,17-/m1/s1. The molecule has 1 amide bonds. The van der Waals surface area contributed by atoms with Crippen molar-refractivity contribution in [3.63, 3.8) is 0 Å². The van der Waals surface area contributed by atoms with Crippen LogP contribution in [0.15, 0.2) is 43.0 Å². The average molecular weight is 429 g/mol. The van der Waals surface area contributed by atoms with Crippen molar-refractivity contribution in [3.8, 4) is 5.69 Å². The van der Waals surface area contributed by atoms with Gasteiger partial charge in [0.1, 0.15) is 22.9 Å². The third-order valence-electron chi connectivity index (χ3n) is 5.55. The summed E-state index contributed by atoms with van der Waals surface area (Å²) in [4.78, 5) is 25.1. The van der Waals surface area contributed by atoms with Crippen molar-refractivity contribution in [2.45, 2.75) is 38.6 Å². The van der Waals surface area contributed by atoms with Crippen molar-refractivity contribution in [1.29, 1.82) is 0 Å². The molecule has 2 aromatic heterocycles. The quantitative estimate of drug-likeness (QED) is 0.619. The second-order valence-corrected chi connectivity index (χ2v) is 7.93. The van der Waals surface area contributed by atoms with Crippen LogP contribution in [-0.2, 0) is 6.42 Å². The number of rotatable bonds is 5. The smallest absolute Gasteiger partial charge is 0.259 e. The van der Waals surface area contributed by atoms with Crippen molar-refractivity contribution in [2.75, 3.05) is 6.54 Å². The van der Waals surface area contributed by atoms with Crippen molar-refractivity contribution < 1.29 is 9.18 Å². The number of halogens is 2. The first-order valence-corrected chi connectivity index (χ1v) is 10.3. The number of amides is 1. The van der Waals surface area contributed by atoms with E-state index in [1.807, 2.05) is 0 Å². The van der Waals surface area contributed by atoms with Gasteiger partial charge in [-0.2, -0.15) is 15.0 Å². The summed E-state index contributed by atoms with van der Waals surface area (Å²) in [6.45, 7) is 2.71. The van der Waals surface area contributed by atoms with E-state index in [-0.39, 0.29) is 23.4 Å². The van der Waals surface area contributed by atoms with Crippen LogP contribution in [-0.4, -0.2) is 48.4 Å². The van der Waals surface area contributed by atoms with Crippen LogP contribution < -0.4 is 0 Å². The Morgan fingerprint density at radius 2 is 1.97 bits per heavy atom. The zero-order valence-electron chi connectivity index (χ0n) is 16.6. The van der Waals surface area contributed by atoms with Crippen molar-refractivity contribution in [1.82, 2.24) is 29.9 Å². The van der Waals surface area contributed by atoms with Crippen LogP contribution in [0.5, 0.6) is 0 Å². The minimum atomic E-state index is -0.576. The van der Waals surface area contributed by atoms with E-state index in [2.05, 4.69) is 27.1 Å². The molecule has 1 saturated heterocycles. The topological polar surface area (TPSA) is 76.8 Å². The Bertz CT molecular complexity index is 1010. The number of likely N-dealkylation sites (tertiary alicyclic amines) is 1. The van der Waals surface area contributed by atoms with Crippen LogP contribution in [0.25, 0.3) is 5.69 Å². The average Bonchev–Trinajstić information content (AvgIpc) is 3.28. The van der Waals surface area contributed by atoms with Gasteiger partial charge in [0, 0.05) is 31.4 Å². The largest absolute Gasteiger partial charge is 0.335 e. The zero-order chi connectivity index (χ0) is 21.1. The minimum Gasteiger partial charge on any atom is -0.335 e. The SMILES string of the molecule is C[C@@H]1CCCN(C(=O)c2c(F)cccc2-n2nccn2)[C@@H]1CCc1ncc(Cl)cn1. The molecule has 2 atom stereocenters. The van der Waals surface area contributed by atoms with Gasteiger partial charge in [-0.25, -0.2) is 14.4 Å². The maximum atomic E-state index is 14.8. The third-order valence-corrected chi connectivity index (χ3v) is 5.75. The Labute approximate surface area is 178 Å². The summed E-state index contributed by atoms with van der Waals surface area (Å²) in [5.74, 6) is 0.0479. The Balaban J connectivity index is 1.61. The summed E-state index contributed by atoms with van der Waals surface area (Å²) in [6, 6.07) is 4.47.